The average molecular weight is 447 g/mol. The molecule has 1 unspecified atom stereocenters. The Morgan fingerprint density at radius 3 is 2.71 bits per heavy atom. The lowest BCUT2D eigenvalue weighted by atomic mass is 9.96. The van der Waals surface area contributed by atoms with Crippen LogP contribution in [0.15, 0.2) is 42.5 Å². The molecule has 0 radical (unpaired) electrons. The van der Waals surface area contributed by atoms with Gasteiger partial charge in [0.15, 0.2) is 0 Å². The molecule has 0 spiro atoms. The smallest absolute Gasteiger partial charge is 0.234 e. The predicted octanol–water partition coefficient (Wildman–Crippen LogP) is 3.57. The number of hydrogen-bond acceptors (Lipinski definition) is 5. The van der Waals surface area contributed by atoms with E-state index in [0.717, 1.165) is 29.8 Å². The van der Waals surface area contributed by atoms with Crippen molar-refractivity contribution >= 4 is 17.5 Å². The topological polar surface area (TPSA) is 71.0 Å². The Morgan fingerprint density at radius 2 is 1.97 bits per heavy atom. The van der Waals surface area contributed by atoms with Crippen molar-refractivity contribution < 1.29 is 19.4 Å². The van der Waals surface area contributed by atoms with Crippen LogP contribution in [-0.2, 0) is 11.3 Å². The summed E-state index contributed by atoms with van der Waals surface area (Å²) < 4.78 is 11.0. The molecule has 3 rings (SSSR count). The number of nitrogens with zero attached hydrogens (tertiary/aromatic N) is 1. The molecule has 1 atom stereocenters. The number of likely N-dealkylation sites (tertiary alicyclic amines) is 1. The largest absolute Gasteiger partial charge is 0.497 e. The number of amides is 1. The molecule has 1 aliphatic rings. The van der Waals surface area contributed by atoms with Crippen LogP contribution in [0, 0.1) is 6.92 Å². The van der Waals surface area contributed by atoms with Gasteiger partial charge in [0.2, 0.25) is 5.91 Å². The molecule has 1 aliphatic heterocycles. The maximum absolute atomic E-state index is 12.4. The molecule has 1 saturated heterocycles. The SMILES string of the molecule is COc1ccc(CNC(=O)CN2CCCC(O)(COc3cc(C)ccc3Cl)CC2)cc1. The molecule has 1 fully saturated rings. The highest BCUT2D eigenvalue weighted by atomic mass is 35.5. The van der Waals surface area contributed by atoms with E-state index in [1.807, 2.05) is 43.3 Å². The molecule has 2 aromatic carbocycles. The third kappa shape index (κ3) is 7.13. The van der Waals surface area contributed by atoms with Crippen molar-refractivity contribution in [2.45, 2.75) is 38.3 Å². The number of benzene rings is 2. The van der Waals surface area contributed by atoms with E-state index in [-0.39, 0.29) is 12.5 Å². The third-order valence-corrected chi connectivity index (χ3v) is 5.92. The molecule has 6 nitrogen and oxygen atoms in total. The van der Waals surface area contributed by atoms with Crippen LogP contribution in [0.3, 0.4) is 0 Å². The van der Waals surface area contributed by atoms with Crippen LogP contribution in [0.4, 0.5) is 0 Å². The summed E-state index contributed by atoms with van der Waals surface area (Å²) in [5.41, 5.74) is 1.15. The summed E-state index contributed by atoms with van der Waals surface area (Å²) in [4.78, 5) is 14.5. The second-order valence-corrected chi connectivity index (χ2v) is 8.61. The first kappa shape index (κ1) is 23.4. The van der Waals surface area contributed by atoms with Gasteiger partial charge in [-0.05, 0) is 68.1 Å². The van der Waals surface area contributed by atoms with Gasteiger partial charge in [0.25, 0.3) is 0 Å². The number of aryl methyl sites for hydroxylation is 1. The van der Waals surface area contributed by atoms with Gasteiger partial charge in [-0.25, -0.2) is 0 Å². The van der Waals surface area contributed by atoms with Crippen molar-refractivity contribution in [2.24, 2.45) is 0 Å². The van der Waals surface area contributed by atoms with Gasteiger partial charge in [-0.15, -0.1) is 0 Å². The summed E-state index contributed by atoms with van der Waals surface area (Å²) in [6, 6.07) is 13.2. The number of rotatable bonds is 8. The molecule has 0 bridgehead atoms. The Hall–Kier alpha value is -2.28. The first-order chi connectivity index (χ1) is 14.9. The number of aliphatic hydroxyl groups is 1. The van der Waals surface area contributed by atoms with E-state index in [2.05, 4.69) is 10.2 Å². The molecular formula is C24H31ClN2O4. The average Bonchev–Trinajstić information content (AvgIpc) is 2.95. The summed E-state index contributed by atoms with van der Waals surface area (Å²) in [7, 11) is 1.63. The molecule has 1 amide bonds. The van der Waals surface area contributed by atoms with E-state index in [0.29, 0.717) is 43.2 Å². The zero-order chi connectivity index (χ0) is 22.3. The number of hydrogen-bond donors (Lipinski definition) is 2. The van der Waals surface area contributed by atoms with Crippen LogP contribution >= 0.6 is 11.6 Å². The van der Waals surface area contributed by atoms with Gasteiger partial charge in [0, 0.05) is 13.1 Å². The first-order valence-corrected chi connectivity index (χ1v) is 11.0. The zero-order valence-corrected chi connectivity index (χ0v) is 19.0. The number of halogens is 1. The minimum atomic E-state index is -0.929. The van der Waals surface area contributed by atoms with Crippen molar-refractivity contribution in [3.05, 3.63) is 58.6 Å². The molecule has 1 heterocycles. The Balaban J connectivity index is 1.45. The number of nitrogens with one attached hydrogen (secondary N) is 1. The fourth-order valence-corrected chi connectivity index (χ4v) is 3.85. The monoisotopic (exact) mass is 446 g/mol. The zero-order valence-electron chi connectivity index (χ0n) is 18.2. The Morgan fingerprint density at radius 1 is 1.19 bits per heavy atom. The number of carbonyl (C=O) groups excluding carboxylic acids is 1. The van der Waals surface area contributed by atoms with Crippen molar-refractivity contribution in [3.8, 4) is 11.5 Å². The minimum Gasteiger partial charge on any atom is -0.497 e. The van der Waals surface area contributed by atoms with E-state index in [4.69, 9.17) is 21.1 Å². The van der Waals surface area contributed by atoms with Gasteiger partial charge >= 0.3 is 0 Å². The lowest BCUT2D eigenvalue weighted by Gasteiger charge is -2.27. The van der Waals surface area contributed by atoms with Gasteiger partial charge in [0.1, 0.15) is 18.1 Å². The van der Waals surface area contributed by atoms with Gasteiger partial charge in [-0.3, -0.25) is 9.69 Å². The molecule has 168 valence electrons. The predicted molar refractivity (Wildman–Crippen MR) is 122 cm³/mol. The summed E-state index contributed by atoms with van der Waals surface area (Å²) in [5.74, 6) is 1.36. The fourth-order valence-electron chi connectivity index (χ4n) is 3.67. The van der Waals surface area contributed by atoms with Crippen LogP contribution in [0.2, 0.25) is 5.02 Å². The maximum atomic E-state index is 12.4. The third-order valence-electron chi connectivity index (χ3n) is 5.61. The van der Waals surface area contributed by atoms with E-state index < -0.39 is 5.60 Å². The van der Waals surface area contributed by atoms with E-state index in [9.17, 15) is 9.90 Å². The summed E-state index contributed by atoms with van der Waals surface area (Å²) in [6.45, 7) is 4.36. The van der Waals surface area contributed by atoms with Crippen molar-refractivity contribution in [2.75, 3.05) is 33.4 Å². The maximum Gasteiger partial charge on any atom is 0.234 e. The number of methoxy groups -OCH3 is 1. The lowest BCUT2D eigenvalue weighted by Crippen LogP contribution is -2.40. The second-order valence-electron chi connectivity index (χ2n) is 8.20. The Labute approximate surface area is 189 Å². The Bertz CT molecular complexity index is 874. The van der Waals surface area contributed by atoms with Crippen molar-refractivity contribution in [3.63, 3.8) is 0 Å². The fraction of sp³-hybridized carbons (Fsp3) is 0.458. The molecule has 2 N–H and O–H groups in total. The number of ether oxygens (including phenoxy) is 2. The highest BCUT2D eigenvalue weighted by molar-refractivity contribution is 6.32. The van der Waals surface area contributed by atoms with Crippen LogP contribution in [0.1, 0.15) is 30.4 Å². The van der Waals surface area contributed by atoms with Crippen LogP contribution in [0.25, 0.3) is 0 Å². The first-order valence-electron chi connectivity index (χ1n) is 10.6. The summed E-state index contributed by atoms with van der Waals surface area (Å²) >= 11 is 6.20. The Kier molecular flexibility index (Phi) is 8.18. The highest BCUT2D eigenvalue weighted by Gasteiger charge is 2.31. The van der Waals surface area contributed by atoms with E-state index >= 15 is 0 Å². The molecule has 0 aliphatic carbocycles. The molecule has 31 heavy (non-hydrogen) atoms. The normalized spacial score (nSPS) is 19.5. The standard InChI is InChI=1S/C24H31ClN2O4/c1-18-4-9-21(25)22(14-18)31-17-24(29)10-3-12-27(13-11-24)16-23(28)26-15-19-5-7-20(30-2)8-6-19/h4-9,14,29H,3,10-13,15-17H2,1-2H3,(H,26,28). The van der Waals surface area contributed by atoms with E-state index in [1.165, 1.54) is 0 Å². The summed E-state index contributed by atoms with van der Waals surface area (Å²) in [5, 5.41) is 14.5. The molecule has 7 heteroatoms. The van der Waals surface area contributed by atoms with Crippen molar-refractivity contribution in [1.29, 1.82) is 0 Å². The lowest BCUT2D eigenvalue weighted by molar-refractivity contribution is -0.122. The van der Waals surface area contributed by atoms with Gasteiger partial charge < -0.3 is 19.9 Å². The molecular weight excluding hydrogens is 416 g/mol. The van der Waals surface area contributed by atoms with Gasteiger partial charge in [-0.1, -0.05) is 29.8 Å². The highest BCUT2D eigenvalue weighted by Crippen LogP contribution is 2.28. The van der Waals surface area contributed by atoms with Gasteiger partial charge in [0.05, 0.1) is 24.3 Å². The van der Waals surface area contributed by atoms with E-state index in [1.54, 1.807) is 13.2 Å². The molecule has 0 saturated carbocycles. The second kappa shape index (κ2) is 10.8. The molecule has 0 aromatic heterocycles. The number of carbonyl (C=O) groups is 1. The minimum absolute atomic E-state index is 0.0240. The van der Waals surface area contributed by atoms with Crippen molar-refractivity contribution in [1.82, 2.24) is 10.2 Å². The van der Waals surface area contributed by atoms with Gasteiger partial charge in [-0.2, -0.15) is 0 Å². The van der Waals surface area contributed by atoms with Crippen LogP contribution in [-0.4, -0.2) is 54.9 Å². The molecule has 2 aromatic rings. The van der Waals surface area contributed by atoms with Crippen LogP contribution < -0.4 is 14.8 Å². The quantitative estimate of drug-likeness (QED) is 0.648. The van der Waals surface area contributed by atoms with Crippen LogP contribution in [0.5, 0.6) is 11.5 Å². The summed E-state index contributed by atoms with van der Waals surface area (Å²) in [6.07, 6.45) is 1.97.